The number of hydrogen-bond acceptors (Lipinski definition) is 3. The van der Waals surface area contributed by atoms with Gasteiger partial charge in [-0.3, -0.25) is 0 Å². The molecule has 1 N–H and O–H groups in total. The van der Waals surface area contributed by atoms with Gasteiger partial charge in [0.15, 0.2) is 11.5 Å². The molecule has 114 valence electrons. The Balaban J connectivity index is 2.24. The van der Waals surface area contributed by atoms with Crippen molar-refractivity contribution in [2.24, 2.45) is 0 Å². The molecule has 20 heavy (non-hydrogen) atoms. The van der Waals surface area contributed by atoms with E-state index in [9.17, 15) is 0 Å². The van der Waals surface area contributed by atoms with Gasteiger partial charge < -0.3 is 14.8 Å². The van der Waals surface area contributed by atoms with Gasteiger partial charge in [0.2, 0.25) is 0 Å². The summed E-state index contributed by atoms with van der Waals surface area (Å²) in [6.07, 6.45) is 4.48. The second-order valence-corrected chi connectivity index (χ2v) is 5.10. The van der Waals surface area contributed by atoms with Crippen LogP contribution in [0, 0.1) is 0 Å². The minimum absolute atomic E-state index is 0.597. The summed E-state index contributed by atoms with van der Waals surface area (Å²) in [4.78, 5) is 0. The van der Waals surface area contributed by atoms with Crippen molar-refractivity contribution >= 4 is 0 Å². The fourth-order valence-corrected chi connectivity index (χ4v) is 2.09. The Bertz CT molecular complexity index is 355. The average molecular weight is 279 g/mol. The zero-order chi connectivity index (χ0) is 14.6. The number of para-hydroxylation sites is 2. The van der Waals surface area contributed by atoms with E-state index in [1.165, 1.54) is 12.8 Å². The third-order valence-corrected chi connectivity index (χ3v) is 3.15. The van der Waals surface area contributed by atoms with Gasteiger partial charge in [0.25, 0.3) is 0 Å². The van der Waals surface area contributed by atoms with Gasteiger partial charge >= 0.3 is 0 Å². The number of unbranched alkanes of at least 4 members (excludes halogenated alkanes) is 1. The molecule has 0 heterocycles. The zero-order valence-corrected chi connectivity index (χ0v) is 13.2. The molecule has 0 aliphatic heterocycles. The zero-order valence-electron chi connectivity index (χ0n) is 13.2. The van der Waals surface area contributed by atoms with Crippen molar-refractivity contribution in [3.8, 4) is 11.5 Å². The van der Waals surface area contributed by atoms with Crippen molar-refractivity contribution in [2.75, 3.05) is 19.8 Å². The number of benzene rings is 1. The van der Waals surface area contributed by atoms with Crippen molar-refractivity contribution in [1.29, 1.82) is 0 Å². The summed E-state index contributed by atoms with van der Waals surface area (Å²) in [5.41, 5.74) is 0. The van der Waals surface area contributed by atoms with Gasteiger partial charge in [-0.05, 0) is 51.3 Å². The average Bonchev–Trinajstić information content (AvgIpc) is 2.46. The molecule has 1 aromatic rings. The molecule has 0 radical (unpaired) electrons. The second-order valence-electron chi connectivity index (χ2n) is 5.10. The van der Waals surface area contributed by atoms with Gasteiger partial charge in [-0.25, -0.2) is 0 Å². The lowest BCUT2D eigenvalue weighted by molar-refractivity contribution is 0.262. The molecule has 3 nitrogen and oxygen atoms in total. The molecule has 0 fully saturated rings. The molecule has 1 aromatic carbocycles. The van der Waals surface area contributed by atoms with Gasteiger partial charge in [0, 0.05) is 6.04 Å². The maximum Gasteiger partial charge on any atom is 0.161 e. The summed E-state index contributed by atoms with van der Waals surface area (Å²) < 4.78 is 11.5. The fourth-order valence-electron chi connectivity index (χ4n) is 2.09. The lowest BCUT2D eigenvalue weighted by Crippen LogP contribution is -2.25. The van der Waals surface area contributed by atoms with Crippen LogP contribution in [0.5, 0.6) is 11.5 Å². The van der Waals surface area contributed by atoms with Crippen LogP contribution in [0.3, 0.4) is 0 Å². The predicted molar refractivity (Wildman–Crippen MR) is 84.7 cm³/mol. The highest BCUT2D eigenvalue weighted by atomic mass is 16.5. The van der Waals surface area contributed by atoms with E-state index in [2.05, 4.69) is 26.1 Å². The fraction of sp³-hybridized carbons (Fsp3) is 0.647. The van der Waals surface area contributed by atoms with Crippen LogP contribution in [0.25, 0.3) is 0 Å². The van der Waals surface area contributed by atoms with E-state index in [-0.39, 0.29) is 0 Å². The van der Waals surface area contributed by atoms with Crippen molar-refractivity contribution in [3.05, 3.63) is 24.3 Å². The standard InChI is InChI=1S/C17H29NO2/c1-4-13-19-16-11-6-7-12-17(16)20-14-9-8-10-15(3)18-5-2/h6-7,11-12,15,18H,4-5,8-10,13-14H2,1-3H3. The molecule has 0 amide bonds. The lowest BCUT2D eigenvalue weighted by Gasteiger charge is -2.13. The summed E-state index contributed by atoms with van der Waals surface area (Å²) in [6.45, 7) is 9.02. The molecule has 1 atom stereocenters. The molecule has 0 spiro atoms. The normalized spacial score (nSPS) is 12.2. The van der Waals surface area contributed by atoms with Crippen LogP contribution in [-0.2, 0) is 0 Å². The molecule has 0 aliphatic carbocycles. The first-order valence-corrected chi connectivity index (χ1v) is 7.85. The summed E-state index contributed by atoms with van der Waals surface area (Å²) in [6, 6.07) is 8.52. The van der Waals surface area contributed by atoms with Gasteiger partial charge in [0.05, 0.1) is 13.2 Å². The maximum atomic E-state index is 5.83. The molecular formula is C17H29NO2. The van der Waals surface area contributed by atoms with Crippen molar-refractivity contribution in [2.45, 2.75) is 52.5 Å². The molecule has 1 unspecified atom stereocenters. The van der Waals surface area contributed by atoms with Crippen LogP contribution < -0.4 is 14.8 Å². The highest BCUT2D eigenvalue weighted by molar-refractivity contribution is 5.39. The molecule has 0 saturated carbocycles. The second kappa shape index (κ2) is 10.6. The van der Waals surface area contributed by atoms with E-state index in [0.29, 0.717) is 6.04 Å². The van der Waals surface area contributed by atoms with E-state index in [1.54, 1.807) is 0 Å². The number of rotatable bonds is 11. The minimum Gasteiger partial charge on any atom is -0.490 e. The highest BCUT2D eigenvalue weighted by Gasteiger charge is 2.04. The Morgan fingerprint density at radius 1 is 1.00 bits per heavy atom. The number of nitrogens with one attached hydrogen (secondary N) is 1. The quantitative estimate of drug-likeness (QED) is 0.621. The summed E-state index contributed by atoms with van der Waals surface area (Å²) in [5, 5.41) is 3.43. The van der Waals surface area contributed by atoms with E-state index in [1.807, 2.05) is 24.3 Å². The Morgan fingerprint density at radius 2 is 1.65 bits per heavy atom. The molecule has 0 aromatic heterocycles. The summed E-state index contributed by atoms with van der Waals surface area (Å²) in [5.74, 6) is 1.72. The van der Waals surface area contributed by atoms with Crippen LogP contribution in [0.1, 0.15) is 46.5 Å². The minimum atomic E-state index is 0.597. The van der Waals surface area contributed by atoms with Crippen LogP contribution >= 0.6 is 0 Å². The van der Waals surface area contributed by atoms with Gasteiger partial charge in [0.1, 0.15) is 0 Å². The van der Waals surface area contributed by atoms with Gasteiger partial charge in [-0.15, -0.1) is 0 Å². The van der Waals surface area contributed by atoms with Crippen LogP contribution in [0.15, 0.2) is 24.3 Å². The molecule has 0 aliphatic rings. The van der Waals surface area contributed by atoms with E-state index in [4.69, 9.17) is 9.47 Å². The monoisotopic (exact) mass is 279 g/mol. The van der Waals surface area contributed by atoms with Crippen LogP contribution in [0.4, 0.5) is 0 Å². The SMILES string of the molecule is CCCOc1ccccc1OCCCCC(C)NCC. The lowest BCUT2D eigenvalue weighted by atomic mass is 10.1. The Hall–Kier alpha value is -1.22. The summed E-state index contributed by atoms with van der Waals surface area (Å²) >= 11 is 0. The van der Waals surface area contributed by atoms with Crippen molar-refractivity contribution < 1.29 is 9.47 Å². The topological polar surface area (TPSA) is 30.5 Å². The number of ether oxygens (including phenoxy) is 2. The number of hydrogen-bond donors (Lipinski definition) is 1. The largest absolute Gasteiger partial charge is 0.490 e. The molecule has 3 heteroatoms. The first-order valence-electron chi connectivity index (χ1n) is 7.85. The smallest absolute Gasteiger partial charge is 0.161 e. The maximum absolute atomic E-state index is 5.83. The Kier molecular flexibility index (Phi) is 8.88. The van der Waals surface area contributed by atoms with E-state index in [0.717, 1.165) is 44.1 Å². The van der Waals surface area contributed by atoms with Crippen molar-refractivity contribution in [1.82, 2.24) is 5.32 Å². The van der Waals surface area contributed by atoms with E-state index < -0.39 is 0 Å². The van der Waals surface area contributed by atoms with Gasteiger partial charge in [-0.1, -0.05) is 26.0 Å². The highest BCUT2D eigenvalue weighted by Crippen LogP contribution is 2.26. The Labute approximate surface area is 123 Å². The van der Waals surface area contributed by atoms with Crippen molar-refractivity contribution in [3.63, 3.8) is 0 Å². The third-order valence-electron chi connectivity index (χ3n) is 3.15. The van der Waals surface area contributed by atoms with Crippen LogP contribution in [0.2, 0.25) is 0 Å². The van der Waals surface area contributed by atoms with Crippen LogP contribution in [-0.4, -0.2) is 25.8 Å². The molecule has 1 rings (SSSR count). The predicted octanol–water partition coefficient (Wildman–Crippen LogP) is 4.02. The first kappa shape index (κ1) is 16.8. The first-order chi connectivity index (χ1) is 9.77. The molecular weight excluding hydrogens is 250 g/mol. The van der Waals surface area contributed by atoms with E-state index >= 15 is 0 Å². The third kappa shape index (κ3) is 6.80. The molecule has 0 saturated heterocycles. The Morgan fingerprint density at radius 3 is 2.25 bits per heavy atom. The van der Waals surface area contributed by atoms with Gasteiger partial charge in [-0.2, -0.15) is 0 Å². The summed E-state index contributed by atoms with van der Waals surface area (Å²) in [7, 11) is 0. The molecule has 0 bridgehead atoms.